The number of aliphatic hydroxyl groups excluding tert-OH is 1. The molecule has 4 heteroatoms. The number of ether oxygens (including phenoxy) is 1. The van der Waals surface area contributed by atoms with Gasteiger partial charge in [0.2, 0.25) is 0 Å². The van der Waals surface area contributed by atoms with Gasteiger partial charge in [-0.1, -0.05) is 22.0 Å². The molecule has 0 aromatic heterocycles. The van der Waals surface area contributed by atoms with Crippen LogP contribution in [0.25, 0.3) is 0 Å². The van der Waals surface area contributed by atoms with E-state index in [0.29, 0.717) is 0 Å². The summed E-state index contributed by atoms with van der Waals surface area (Å²) in [4.78, 5) is 2.35. The molecule has 0 amide bonds. The summed E-state index contributed by atoms with van der Waals surface area (Å²) < 4.78 is 7.32. The fraction of sp³-hybridized carbons (Fsp3) is 0.600. The van der Waals surface area contributed by atoms with E-state index in [9.17, 15) is 5.11 Å². The van der Waals surface area contributed by atoms with Gasteiger partial charge in [0.1, 0.15) is 11.4 Å². The van der Waals surface area contributed by atoms with Crippen molar-refractivity contribution >= 4 is 15.9 Å². The largest absolute Gasteiger partial charge is 0.487 e. The Bertz CT molecular complexity index is 479. The Balaban J connectivity index is 1.90. The SMILES string of the molecule is CN1CCCC2(CC1)CC(O)c1ccc(Br)cc1O2. The number of rotatable bonds is 0. The summed E-state index contributed by atoms with van der Waals surface area (Å²) in [7, 11) is 2.16. The second kappa shape index (κ2) is 5.08. The van der Waals surface area contributed by atoms with Gasteiger partial charge in [-0.3, -0.25) is 0 Å². The lowest BCUT2D eigenvalue weighted by atomic mass is 9.83. The van der Waals surface area contributed by atoms with E-state index in [-0.39, 0.29) is 5.60 Å². The van der Waals surface area contributed by atoms with Crippen molar-refractivity contribution in [2.75, 3.05) is 20.1 Å². The first-order valence-corrected chi connectivity index (χ1v) is 7.72. The maximum Gasteiger partial charge on any atom is 0.127 e. The minimum Gasteiger partial charge on any atom is -0.487 e. The molecular formula is C15H20BrNO2. The maximum atomic E-state index is 10.4. The van der Waals surface area contributed by atoms with Gasteiger partial charge in [-0.05, 0) is 45.0 Å². The summed E-state index contributed by atoms with van der Waals surface area (Å²) in [5, 5.41) is 10.4. The molecule has 2 heterocycles. The average molecular weight is 326 g/mol. The molecule has 0 bridgehead atoms. The van der Waals surface area contributed by atoms with Crippen LogP contribution in [0.5, 0.6) is 5.75 Å². The summed E-state index contributed by atoms with van der Waals surface area (Å²) in [5.41, 5.74) is 0.740. The second-order valence-electron chi connectivity index (χ2n) is 5.84. The maximum absolute atomic E-state index is 10.4. The number of hydrogen-bond acceptors (Lipinski definition) is 3. The molecule has 1 fully saturated rings. The molecule has 2 aliphatic rings. The first-order valence-electron chi connectivity index (χ1n) is 6.93. The standard InChI is InChI=1S/C15H20BrNO2/c1-17-7-2-5-15(6-8-17)10-13(18)12-4-3-11(16)9-14(12)19-15/h3-4,9,13,18H,2,5-8,10H2,1H3. The molecule has 104 valence electrons. The van der Waals surface area contributed by atoms with Crippen molar-refractivity contribution in [3.05, 3.63) is 28.2 Å². The molecule has 1 N–H and O–H groups in total. The molecule has 1 saturated heterocycles. The van der Waals surface area contributed by atoms with Crippen molar-refractivity contribution in [3.8, 4) is 5.75 Å². The van der Waals surface area contributed by atoms with E-state index in [4.69, 9.17) is 4.74 Å². The molecule has 2 aliphatic heterocycles. The van der Waals surface area contributed by atoms with E-state index in [1.165, 1.54) is 0 Å². The van der Waals surface area contributed by atoms with Crippen LogP contribution in [0.2, 0.25) is 0 Å². The van der Waals surface area contributed by atoms with Gasteiger partial charge >= 0.3 is 0 Å². The topological polar surface area (TPSA) is 32.7 Å². The van der Waals surface area contributed by atoms with Crippen LogP contribution < -0.4 is 4.74 Å². The van der Waals surface area contributed by atoms with Crippen LogP contribution in [0.1, 0.15) is 37.4 Å². The fourth-order valence-corrected chi connectivity index (χ4v) is 3.56. The van der Waals surface area contributed by atoms with Crippen LogP contribution in [-0.2, 0) is 0 Å². The lowest BCUT2D eigenvalue weighted by Crippen LogP contribution is -2.41. The van der Waals surface area contributed by atoms with Crippen LogP contribution in [0.15, 0.2) is 22.7 Å². The normalized spacial score (nSPS) is 31.6. The highest BCUT2D eigenvalue weighted by atomic mass is 79.9. The van der Waals surface area contributed by atoms with Crippen LogP contribution in [-0.4, -0.2) is 35.7 Å². The molecule has 1 aromatic carbocycles. The van der Waals surface area contributed by atoms with Crippen molar-refractivity contribution in [1.82, 2.24) is 4.90 Å². The number of aliphatic hydroxyl groups is 1. The zero-order chi connectivity index (χ0) is 13.5. The molecule has 0 aliphatic carbocycles. The molecule has 1 spiro atoms. The summed E-state index contributed by atoms with van der Waals surface area (Å²) in [6.45, 7) is 2.16. The highest BCUT2D eigenvalue weighted by Crippen LogP contribution is 2.44. The minimum absolute atomic E-state index is 0.183. The van der Waals surface area contributed by atoms with Crippen molar-refractivity contribution in [2.24, 2.45) is 0 Å². The van der Waals surface area contributed by atoms with Crippen molar-refractivity contribution in [1.29, 1.82) is 0 Å². The highest BCUT2D eigenvalue weighted by molar-refractivity contribution is 9.10. The number of fused-ring (bicyclic) bond motifs is 1. The molecular weight excluding hydrogens is 306 g/mol. The van der Waals surface area contributed by atoms with Gasteiger partial charge in [-0.2, -0.15) is 0 Å². The van der Waals surface area contributed by atoms with Crippen molar-refractivity contribution in [3.63, 3.8) is 0 Å². The zero-order valence-electron chi connectivity index (χ0n) is 11.2. The van der Waals surface area contributed by atoms with Gasteiger partial charge < -0.3 is 14.7 Å². The number of nitrogens with zero attached hydrogens (tertiary/aromatic N) is 1. The first-order chi connectivity index (χ1) is 9.08. The Morgan fingerprint density at radius 1 is 1.37 bits per heavy atom. The van der Waals surface area contributed by atoms with Gasteiger partial charge in [-0.15, -0.1) is 0 Å². The summed E-state index contributed by atoms with van der Waals surface area (Å²) >= 11 is 3.48. The van der Waals surface area contributed by atoms with Crippen molar-refractivity contribution in [2.45, 2.75) is 37.4 Å². The lowest BCUT2D eigenvalue weighted by molar-refractivity contribution is -0.0236. The van der Waals surface area contributed by atoms with E-state index in [0.717, 1.165) is 54.6 Å². The van der Waals surface area contributed by atoms with E-state index >= 15 is 0 Å². The number of halogens is 1. The quantitative estimate of drug-likeness (QED) is 0.795. The Morgan fingerprint density at radius 2 is 2.21 bits per heavy atom. The van der Waals surface area contributed by atoms with Crippen LogP contribution >= 0.6 is 15.9 Å². The molecule has 19 heavy (non-hydrogen) atoms. The van der Waals surface area contributed by atoms with E-state index in [2.05, 4.69) is 27.9 Å². The Labute approximate surface area is 122 Å². The van der Waals surface area contributed by atoms with Crippen LogP contribution in [0, 0.1) is 0 Å². The average Bonchev–Trinajstić information content (AvgIpc) is 2.52. The van der Waals surface area contributed by atoms with Gasteiger partial charge in [0, 0.05) is 23.0 Å². The molecule has 3 nitrogen and oxygen atoms in total. The molecule has 2 unspecified atom stereocenters. The predicted molar refractivity (Wildman–Crippen MR) is 78.4 cm³/mol. The van der Waals surface area contributed by atoms with E-state index in [1.807, 2.05) is 18.2 Å². The molecule has 0 saturated carbocycles. The predicted octanol–water partition coefficient (Wildman–Crippen LogP) is 3.12. The Kier molecular flexibility index (Phi) is 3.58. The highest BCUT2D eigenvalue weighted by Gasteiger charge is 2.41. The molecule has 0 radical (unpaired) electrons. The summed E-state index contributed by atoms with van der Waals surface area (Å²) in [6.07, 6.45) is 3.47. The Hall–Kier alpha value is -0.580. The van der Waals surface area contributed by atoms with Crippen molar-refractivity contribution < 1.29 is 9.84 Å². The fourth-order valence-electron chi connectivity index (χ4n) is 3.22. The van der Waals surface area contributed by atoms with Gasteiger partial charge in [0.15, 0.2) is 0 Å². The smallest absolute Gasteiger partial charge is 0.127 e. The first kappa shape index (κ1) is 13.4. The number of likely N-dealkylation sites (tertiary alicyclic amines) is 1. The van der Waals surface area contributed by atoms with E-state index < -0.39 is 6.10 Å². The van der Waals surface area contributed by atoms with Gasteiger partial charge in [0.05, 0.1) is 6.10 Å². The molecule has 1 aromatic rings. The van der Waals surface area contributed by atoms with Crippen LogP contribution in [0.4, 0.5) is 0 Å². The number of hydrogen-bond donors (Lipinski definition) is 1. The van der Waals surface area contributed by atoms with E-state index in [1.54, 1.807) is 0 Å². The number of benzene rings is 1. The minimum atomic E-state index is -0.403. The zero-order valence-corrected chi connectivity index (χ0v) is 12.8. The molecule has 2 atom stereocenters. The van der Waals surface area contributed by atoms with Gasteiger partial charge in [0.25, 0.3) is 0 Å². The summed E-state index contributed by atoms with van der Waals surface area (Å²) in [6, 6.07) is 5.90. The second-order valence-corrected chi connectivity index (χ2v) is 6.76. The lowest BCUT2D eigenvalue weighted by Gasteiger charge is -2.40. The Morgan fingerprint density at radius 3 is 3.05 bits per heavy atom. The third-order valence-electron chi connectivity index (χ3n) is 4.35. The third kappa shape index (κ3) is 2.67. The van der Waals surface area contributed by atoms with Crippen LogP contribution in [0.3, 0.4) is 0 Å². The summed E-state index contributed by atoms with van der Waals surface area (Å²) in [5.74, 6) is 0.845. The molecule has 3 rings (SSSR count). The third-order valence-corrected chi connectivity index (χ3v) is 4.84. The monoisotopic (exact) mass is 325 g/mol. The van der Waals surface area contributed by atoms with Gasteiger partial charge in [-0.25, -0.2) is 0 Å².